The lowest BCUT2D eigenvalue weighted by Gasteiger charge is -2.31. The molecule has 0 spiro atoms. The van der Waals surface area contributed by atoms with Crippen LogP contribution in [-0.4, -0.2) is 6.04 Å². The van der Waals surface area contributed by atoms with Gasteiger partial charge in [-0.1, -0.05) is 41.5 Å². The Kier molecular flexibility index (Phi) is 10.2. The molecule has 0 saturated heterocycles. The first-order chi connectivity index (χ1) is 5.74. The summed E-state index contributed by atoms with van der Waals surface area (Å²) in [6.45, 7) is 8.57. The molecule has 0 aromatic carbocycles. The van der Waals surface area contributed by atoms with E-state index in [9.17, 15) is 0 Å². The third-order valence-electron chi connectivity index (χ3n) is 2.92. The highest BCUT2D eigenvalue weighted by Crippen LogP contribution is 2.29. The lowest BCUT2D eigenvalue weighted by atomic mass is 9.78. The molecule has 1 nitrogen and oxygen atoms in total. The minimum Gasteiger partial charge on any atom is -0.327 e. The molecule has 1 rings (SSSR count). The lowest BCUT2D eigenvalue weighted by molar-refractivity contribution is 0.243. The summed E-state index contributed by atoms with van der Waals surface area (Å²) in [6, 6.07) is 0.489. The van der Waals surface area contributed by atoms with Gasteiger partial charge in [0.25, 0.3) is 0 Å². The third-order valence-corrected chi connectivity index (χ3v) is 2.92. The summed E-state index contributed by atoms with van der Waals surface area (Å²) < 4.78 is 0. The van der Waals surface area contributed by atoms with E-state index in [1.54, 1.807) is 0 Å². The highest BCUT2D eigenvalue weighted by molar-refractivity contribution is 4.78. The van der Waals surface area contributed by atoms with Gasteiger partial charge in [0, 0.05) is 6.04 Å². The van der Waals surface area contributed by atoms with Gasteiger partial charge in [0.05, 0.1) is 0 Å². The summed E-state index contributed by atoms with van der Waals surface area (Å²) in [7, 11) is 0. The van der Waals surface area contributed by atoms with Crippen LogP contribution in [0.1, 0.15) is 60.8 Å². The second-order valence-electron chi connectivity index (χ2n) is 3.73. The van der Waals surface area contributed by atoms with Gasteiger partial charge in [-0.15, -0.1) is 0 Å². The summed E-state index contributed by atoms with van der Waals surface area (Å²) in [5.41, 5.74) is 5.90. The second kappa shape index (κ2) is 8.55. The van der Waals surface area contributed by atoms with Crippen molar-refractivity contribution in [3.05, 3.63) is 0 Å². The molecular formula is C12H29N. The average Bonchev–Trinajstić information content (AvgIpc) is 2.13. The summed E-state index contributed by atoms with van der Waals surface area (Å²) in [6.07, 6.45) is 5.32. The predicted molar refractivity (Wildman–Crippen MR) is 62.9 cm³/mol. The van der Waals surface area contributed by atoms with Gasteiger partial charge in [-0.2, -0.15) is 0 Å². The van der Waals surface area contributed by atoms with Gasteiger partial charge >= 0.3 is 0 Å². The van der Waals surface area contributed by atoms with E-state index in [0.29, 0.717) is 6.04 Å². The second-order valence-corrected chi connectivity index (χ2v) is 3.73. The Morgan fingerprint density at radius 2 is 1.77 bits per heavy atom. The van der Waals surface area contributed by atoms with Crippen LogP contribution < -0.4 is 5.73 Å². The first-order valence-corrected chi connectivity index (χ1v) is 5.49. The third kappa shape index (κ3) is 5.30. The molecule has 0 radical (unpaired) electrons. The van der Waals surface area contributed by atoms with Crippen LogP contribution in [0, 0.1) is 11.8 Å². The van der Waals surface area contributed by atoms with Crippen molar-refractivity contribution in [2.75, 3.05) is 0 Å². The van der Waals surface area contributed by atoms with Crippen molar-refractivity contribution in [1.82, 2.24) is 0 Å². The Morgan fingerprint density at radius 1 is 1.23 bits per heavy atom. The average molecular weight is 187 g/mol. The van der Waals surface area contributed by atoms with E-state index in [0.717, 1.165) is 11.8 Å². The number of hydrogen-bond acceptors (Lipinski definition) is 1. The zero-order valence-corrected chi connectivity index (χ0v) is 9.14. The normalized spacial score (nSPS) is 32.5. The van der Waals surface area contributed by atoms with Crippen LogP contribution in [0.2, 0.25) is 0 Å². The van der Waals surface area contributed by atoms with E-state index in [1.807, 2.05) is 13.8 Å². The SMILES string of the molecule is C.CC.CCC1CCC(N)C(C)C1. The highest BCUT2D eigenvalue weighted by atomic mass is 14.7. The lowest BCUT2D eigenvalue weighted by Crippen LogP contribution is -2.34. The zero-order chi connectivity index (χ0) is 9.56. The van der Waals surface area contributed by atoms with E-state index in [1.165, 1.54) is 25.7 Å². The highest BCUT2D eigenvalue weighted by Gasteiger charge is 2.23. The van der Waals surface area contributed by atoms with Gasteiger partial charge in [0.1, 0.15) is 0 Å². The quantitative estimate of drug-likeness (QED) is 0.663. The molecular weight excluding hydrogens is 158 g/mol. The van der Waals surface area contributed by atoms with E-state index < -0.39 is 0 Å². The molecule has 0 aliphatic heterocycles. The molecule has 2 N–H and O–H groups in total. The Balaban J connectivity index is 0. The number of hydrogen-bond donors (Lipinski definition) is 1. The van der Waals surface area contributed by atoms with E-state index in [-0.39, 0.29) is 7.43 Å². The maximum atomic E-state index is 5.90. The van der Waals surface area contributed by atoms with Crippen molar-refractivity contribution in [1.29, 1.82) is 0 Å². The van der Waals surface area contributed by atoms with E-state index >= 15 is 0 Å². The molecule has 0 amide bonds. The van der Waals surface area contributed by atoms with Crippen LogP contribution in [0.4, 0.5) is 0 Å². The molecule has 1 aliphatic rings. The summed E-state index contributed by atoms with van der Waals surface area (Å²) >= 11 is 0. The molecule has 3 unspecified atom stereocenters. The minimum absolute atomic E-state index is 0. The van der Waals surface area contributed by atoms with Crippen LogP contribution in [0.25, 0.3) is 0 Å². The van der Waals surface area contributed by atoms with Crippen LogP contribution in [-0.2, 0) is 0 Å². The van der Waals surface area contributed by atoms with Crippen molar-refractivity contribution in [2.24, 2.45) is 17.6 Å². The predicted octanol–water partition coefficient (Wildman–Crippen LogP) is 3.82. The van der Waals surface area contributed by atoms with Crippen LogP contribution in [0.15, 0.2) is 0 Å². The monoisotopic (exact) mass is 187 g/mol. The first kappa shape index (κ1) is 15.4. The van der Waals surface area contributed by atoms with Crippen LogP contribution >= 0.6 is 0 Å². The van der Waals surface area contributed by atoms with Crippen molar-refractivity contribution in [3.8, 4) is 0 Å². The number of rotatable bonds is 1. The van der Waals surface area contributed by atoms with Gasteiger partial charge in [-0.25, -0.2) is 0 Å². The van der Waals surface area contributed by atoms with Crippen molar-refractivity contribution in [2.45, 2.75) is 66.8 Å². The standard InChI is InChI=1S/C9H19N.C2H6.CH4/c1-3-8-4-5-9(10)7(2)6-8;1-2;/h7-9H,3-6,10H2,1-2H3;1-2H3;1H4. The first-order valence-electron chi connectivity index (χ1n) is 5.49. The maximum absolute atomic E-state index is 5.90. The molecule has 0 aromatic heterocycles. The van der Waals surface area contributed by atoms with E-state index in [4.69, 9.17) is 5.73 Å². The smallest absolute Gasteiger partial charge is 0.00647 e. The Labute approximate surface area is 85.1 Å². The van der Waals surface area contributed by atoms with Gasteiger partial charge in [0.2, 0.25) is 0 Å². The van der Waals surface area contributed by atoms with Gasteiger partial charge in [0.15, 0.2) is 0 Å². The zero-order valence-electron chi connectivity index (χ0n) is 9.14. The van der Waals surface area contributed by atoms with Gasteiger partial charge < -0.3 is 5.73 Å². The summed E-state index contributed by atoms with van der Waals surface area (Å²) in [5, 5.41) is 0. The molecule has 0 bridgehead atoms. The molecule has 1 fully saturated rings. The van der Waals surface area contributed by atoms with E-state index in [2.05, 4.69) is 13.8 Å². The Morgan fingerprint density at radius 3 is 2.15 bits per heavy atom. The van der Waals surface area contributed by atoms with Crippen LogP contribution in [0.3, 0.4) is 0 Å². The molecule has 1 heteroatoms. The van der Waals surface area contributed by atoms with Crippen molar-refractivity contribution >= 4 is 0 Å². The summed E-state index contributed by atoms with van der Waals surface area (Å²) in [5.74, 6) is 1.73. The molecule has 1 aliphatic carbocycles. The number of nitrogens with two attached hydrogens (primary N) is 1. The maximum Gasteiger partial charge on any atom is 0.00647 e. The van der Waals surface area contributed by atoms with Crippen molar-refractivity contribution < 1.29 is 0 Å². The van der Waals surface area contributed by atoms with Gasteiger partial charge in [-0.05, 0) is 31.1 Å². The summed E-state index contributed by atoms with van der Waals surface area (Å²) in [4.78, 5) is 0. The topological polar surface area (TPSA) is 26.0 Å². The fourth-order valence-corrected chi connectivity index (χ4v) is 1.90. The fourth-order valence-electron chi connectivity index (χ4n) is 1.90. The Bertz CT molecular complexity index is 101. The molecule has 0 aromatic rings. The van der Waals surface area contributed by atoms with Gasteiger partial charge in [-0.3, -0.25) is 0 Å². The largest absolute Gasteiger partial charge is 0.327 e. The Hall–Kier alpha value is -0.0400. The molecule has 0 heterocycles. The minimum atomic E-state index is 0. The molecule has 82 valence electrons. The molecule has 13 heavy (non-hydrogen) atoms. The molecule has 3 atom stereocenters. The molecule has 1 saturated carbocycles. The van der Waals surface area contributed by atoms with Crippen LogP contribution in [0.5, 0.6) is 0 Å². The van der Waals surface area contributed by atoms with Crippen molar-refractivity contribution in [3.63, 3.8) is 0 Å². The fraction of sp³-hybridized carbons (Fsp3) is 1.00.